The molecule has 0 aromatic heterocycles. The smallest absolute Gasteiger partial charge is 0.408 e. The standard InChI is InChI=1S/C14H22N2O4S/c1-14(2,3)20-13(17)16-11(9-15)10-7-5-6-8-12(10)21(4,18)19/h5-8,11H,9,15H2,1-4H3,(H,16,17). The Labute approximate surface area is 125 Å². The van der Waals surface area contributed by atoms with E-state index in [0.29, 0.717) is 5.56 Å². The second-order valence-electron chi connectivity index (χ2n) is 5.74. The summed E-state index contributed by atoms with van der Waals surface area (Å²) in [5, 5.41) is 2.60. The molecular formula is C14H22N2O4S. The summed E-state index contributed by atoms with van der Waals surface area (Å²) >= 11 is 0. The van der Waals surface area contributed by atoms with E-state index in [-0.39, 0.29) is 11.4 Å². The van der Waals surface area contributed by atoms with Gasteiger partial charge in [-0.25, -0.2) is 13.2 Å². The largest absolute Gasteiger partial charge is 0.444 e. The van der Waals surface area contributed by atoms with Crippen molar-refractivity contribution in [2.75, 3.05) is 12.8 Å². The number of rotatable bonds is 4. The molecule has 6 nitrogen and oxygen atoms in total. The summed E-state index contributed by atoms with van der Waals surface area (Å²) in [6.45, 7) is 5.29. The van der Waals surface area contributed by atoms with Crippen LogP contribution < -0.4 is 11.1 Å². The first-order chi connectivity index (χ1) is 9.54. The lowest BCUT2D eigenvalue weighted by Crippen LogP contribution is -2.38. The molecule has 1 unspecified atom stereocenters. The van der Waals surface area contributed by atoms with E-state index in [9.17, 15) is 13.2 Å². The van der Waals surface area contributed by atoms with Gasteiger partial charge < -0.3 is 15.8 Å². The minimum absolute atomic E-state index is 0.0613. The SMILES string of the molecule is CC(C)(C)OC(=O)NC(CN)c1ccccc1S(C)(=O)=O. The number of nitrogens with two attached hydrogens (primary N) is 1. The summed E-state index contributed by atoms with van der Waals surface area (Å²) in [7, 11) is -3.41. The highest BCUT2D eigenvalue weighted by atomic mass is 32.2. The van der Waals surface area contributed by atoms with Crippen molar-refractivity contribution in [1.29, 1.82) is 0 Å². The van der Waals surface area contributed by atoms with Gasteiger partial charge in [-0.1, -0.05) is 18.2 Å². The predicted molar refractivity (Wildman–Crippen MR) is 80.7 cm³/mol. The Bertz CT molecular complexity index is 606. The van der Waals surface area contributed by atoms with Crippen molar-refractivity contribution >= 4 is 15.9 Å². The number of carbonyl (C=O) groups is 1. The van der Waals surface area contributed by atoms with Gasteiger partial charge in [-0.15, -0.1) is 0 Å². The highest BCUT2D eigenvalue weighted by Gasteiger charge is 2.23. The minimum atomic E-state index is -3.41. The average Bonchev–Trinajstić information content (AvgIpc) is 2.32. The molecule has 0 radical (unpaired) electrons. The maximum absolute atomic E-state index is 11.8. The lowest BCUT2D eigenvalue weighted by atomic mass is 10.1. The summed E-state index contributed by atoms with van der Waals surface area (Å²) in [5.74, 6) is 0. The molecule has 0 aliphatic heterocycles. The molecule has 0 bridgehead atoms. The van der Waals surface area contributed by atoms with Crippen LogP contribution in [0.3, 0.4) is 0 Å². The van der Waals surface area contributed by atoms with Crippen molar-refractivity contribution in [3.63, 3.8) is 0 Å². The van der Waals surface area contributed by atoms with E-state index in [2.05, 4.69) is 5.32 Å². The number of sulfone groups is 1. The molecule has 0 heterocycles. The van der Waals surface area contributed by atoms with E-state index in [4.69, 9.17) is 10.5 Å². The van der Waals surface area contributed by atoms with Crippen molar-refractivity contribution in [3.05, 3.63) is 29.8 Å². The molecule has 0 spiro atoms. The average molecular weight is 314 g/mol. The van der Waals surface area contributed by atoms with E-state index in [1.807, 2.05) is 0 Å². The molecule has 0 saturated heterocycles. The van der Waals surface area contributed by atoms with Gasteiger partial charge in [0.05, 0.1) is 10.9 Å². The Morgan fingerprint density at radius 3 is 2.38 bits per heavy atom. The van der Waals surface area contributed by atoms with E-state index < -0.39 is 27.6 Å². The van der Waals surface area contributed by atoms with Crippen molar-refractivity contribution in [1.82, 2.24) is 5.32 Å². The molecule has 0 aliphatic rings. The lowest BCUT2D eigenvalue weighted by molar-refractivity contribution is 0.0504. The van der Waals surface area contributed by atoms with Gasteiger partial charge in [0, 0.05) is 12.8 Å². The fraction of sp³-hybridized carbons (Fsp3) is 0.500. The van der Waals surface area contributed by atoms with Gasteiger partial charge in [-0.2, -0.15) is 0 Å². The van der Waals surface area contributed by atoms with Crippen LogP contribution in [0.2, 0.25) is 0 Å². The summed E-state index contributed by atoms with van der Waals surface area (Å²) in [6.07, 6.45) is 0.480. The van der Waals surface area contributed by atoms with Gasteiger partial charge in [0.1, 0.15) is 5.60 Å². The molecule has 1 atom stereocenters. The summed E-state index contributed by atoms with van der Waals surface area (Å²) < 4.78 is 28.8. The first-order valence-electron chi connectivity index (χ1n) is 6.53. The van der Waals surface area contributed by atoms with E-state index in [1.54, 1.807) is 39.0 Å². The Morgan fingerprint density at radius 2 is 1.90 bits per heavy atom. The summed E-state index contributed by atoms with van der Waals surface area (Å²) in [4.78, 5) is 12.0. The van der Waals surface area contributed by atoms with Gasteiger partial charge in [-0.05, 0) is 32.4 Å². The first kappa shape index (κ1) is 17.5. The molecule has 1 rings (SSSR count). The third-order valence-electron chi connectivity index (χ3n) is 2.62. The van der Waals surface area contributed by atoms with E-state index in [1.165, 1.54) is 6.07 Å². The molecule has 0 aliphatic carbocycles. The van der Waals surface area contributed by atoms with Crippen LogP contribution in [0.15, 0.2) is 29.2 Å². The van der Waals surface area contributed by atoms with E-state index in [0.717, 1.165) is 6.26 Å². The Kier molecular flexibility index (Phi) is 5.36. The zero-order valence-electron chi connectivity index (χ0n) is 12.7. The number of ether oxygens (including phenoxy) is 1. The number of benzene rings is 1. The maximum atomic E-state index is 11.8. The van der Waals surface area contributed by atoms with Crippen molar-refractivity contribution in [2.45, 2.75) is 37.3 Å². The van der Waals surface area contributed by atoms with Crippen LogP contribution in [-0.2, 0) is 14.6 Å². The van der Waals surface area contributed by atoms with Crippen LogP contribution in [0, 0.1) is 0 Å². The van der Waals surface area contributed by atoms with Gasteiger partial charge in [0.2, 0.25) is 0 Å². The molecule has 0 fully saturated rings. The summed E-state index contributed by atoms with van der Waals surface area (Å²) in [5.41, 5.74) is 5.48. The van der Waals surface area contributed by atoms with Crippen LogP contribution in [0.1, 0.15) is 32.4 Å². The minimum Gasteiger partial charge on any atom is -0.444 e. The van der Waals surface area contributed by atoms with Crippen molar-refractivity contribution < 1.29 is 17.9 Å². The maximum Gasteiger partial charge on any atom is 0.408 e. The number of alkyl carbamates (subject to hydrolysis) is 1. The van der Waals surface area contributed by atoms with Crippen LogP contribution in [0.25, 0.3) is 0 Å². The van der Waals surface area contributed by atoms with Crippen molar-refractivity contribution in [3.8, 4) is 0 Å². The van der Waals surface area contributed by atoms with Crippen LogP contribution >= 0.6 is 0 Å². The molecule has 0 saturated carbocycles. The Balaban J connectivity index is 3.05. The summed E-state index contributed by atoms with van der Waals surface area (Å²) in [6, 6.07) is 5.81. The second-order valence-corrected chi connectivity index (χ2v) is 7.73. The normalized spacial score (nSPS) is 13.6. The number of amides is 1. The molecule has 1 aromatic rings. The second kappa shape index (κ2) is 6.44. The van der Waals surface area contributed by atoms with Gasteiger partial charge in [0.25, 0.3) is 0 Å². The first-order valence-corrected chi connectivity index (χ1v) is 8.42. The monoisotopic (exact) mass is 314 g/mol. The number of nitrogens with one attached hydrogen (secondary N) is 1. The fourth-order valence-corrected chi connectivity index (χ4v) is 2.78. The number of hydrogen-bond acceptors (Lipinski definition) is 5. The highest BCUT2D eigenvalue weighted by molar-refractivity contribution is 7.90. The molecule has 1 aromatic carbocycles. The predicted octanol–water partition coefficient (Wildman–Crippen LogP) is 1.61. The molecule has 7 heteroatoms. The Hall–Kier alpha value is -1.60. The number of hydrogen-bond donors (Lipinski definition) is 2. The van der Waals surface area contributed by atoms with Gasteiger partial charge >= 0.3 is 6.09 Å². The molecule has 3 N–H and O–H groups in total. The van der Waals surface area contributed by atoms with E-state index >= 15 is 0 Å². The molecule has 1 amide bonds. The highest BCUT2D eigenvalue weighted by Crippen LogP contribution is 2.22. The lowest BCUT2D eigenvalue weighted by Gasteiger charge is -2.24. The van der Waals surface area contributed by atoms with Crippen LogP contribution in [0.5, 0.6) is 0 Å². The Morgan fingerprint density at radius 1 is 1.33 bits per heavy atom. The fourth-order valence-electron chi connectivity index (χ4n) is 1.82. The molecule has 21 heavy (non-hydrogen) atoms. The van der Waals surface area contributed by atoms with Gasteiger partial charge in [-0.3, -0.25) is 0 Å². The zero-order chi connectivity index (χ0) is 16.3. The van der Waals surface area contributed by atoms with Crippen LogP contribution in [0.4, 0.5) is 4.79 Å². The third kappa shape index (κ3) is 5.35. The molecule has 118 valence electrons. The van der Waals surface area contributed by atoms with Crippen molar-refractivity contribution in [2.24, 2.45) is 5.73 Å². The van der Waals surface area contributed by atoms with Gasteiger partial charge in [0.15, 0.2) is 9.84 Å². The molecular weight excluding hydrogens is 292 g/mol. The third-order valence-corrected chi connectivity index (χ3v) is 3.79. The zero-order valence-corrected chi connectivity index (χ0v) is 13.5. The topological polar surface area (TPSA) is 98.5 Å². The quantitative estimate of drug-likeness (QED) is 0.880. The van der Waals surface area contributed by atoms with Crippen LogP contribution in [-0.4, -0.2) is 32.9 Å². The number of carbonyl (C=O) groups excluding carboxylic acids is 1.